The molecule has 0 amide bonds. The van der Waals surface area contributed by atoms with Gasteiger partial charge in [-0.2, -0.15) is 5.10 Å². The van der Waals surface area contributed by atoms with Crippen LogP contribution in [0.15, 0.2) is 12.1 Å². The molecule has 1 aliphatic carbocycles. The van der Waals surface area contributed by atoms with Gasteiger partial charge in [0.2, 0.25) is 0 Å². The molecule has 0 aliphatic heterocycles. The second-order valence-corrected chi connectivity index (χ2v) is 4.07. The largest absolute Gasteiger partial charge is 0.381 e. The fourth-order valence-corrected chi connectivity index (χ4v) is 1.97. The zero-order valence-electron chi connectivity index (χ0n) is 9.23. The molecule has 0 bridgehead atoms. The Morgan fingerprint density at radius 2 is 2.20 bits per heavy atom. The van der Waals surface area contributed by atoms with Crippen molar-refractivity contribution >= 4 is 5.82 Å². The highest BCUT2D eigenvalue weighted by Gasteiger charge is 2.24. The van der Waals surface area contributed by atoms with Gasteiger partial charge in [-0.3, -0.25) is 0 Å². The zero-order valence-corrected chi connectivity index (χ0v) is 9.23. The van der Waals surface area contributed by atoms with E-state index in [-0.39, 0.29) is 0 Å². The number of aromatic nitrogens is 2. The molecule has 1 heterocycles. The van der Waals surface area contributed by atoms with Crippen molar-refractivity contribution in [3.05, 3.63) is 17.8 Å². The van der Waals surface area contributed by atoms with E-state index in [1.165, 1.54) is 0 Å². The highest BCUT2D eigenvalue weighted by atomic mass is 16.5. The molecule has 2 rings (SSSR count). The first-order chi connectivity index (χ1) is 7.28. The molecule has 2 unspecified atom stereocenters. The van der Waals surface area contributed by atoms with E-state index in [0.717, 1.165) is 30.8 Å². The van der Waals surface area contributed by atoms with Crippen molar-refractivity contribution < 1.29 is 4.74 Å². The maximum Gasteiger partial charge on any atom is 0.148 e. The zero-order chi connectivity index (χ0) is 10.7. The first-order valence-electron chi connectivity index (χ1n) is 5.37. The van der Waals surface area contributed by atoms with Gasteiger partial charge >= 0.3 is 0 Å². The molecule has 4 heteroatoms. The summed E-state index contributed by atoms with van der Waals surface area (Å²) in [7, 11) is 1.78. The Morgan fingerprint density at radius 1 is 1.33 bits per heavy atom. The highest BCUT2D eigenvalue weighted by molar-refractivity contribution is 5.34. The Kier molecular flexibility index (Phi) is 3.16. The number of nitrogens with one attached hydrogen (secondary N) is 1. The van der Waals surface area contributed by atoms with E-state index in [1.807, 2.05) is 19.1 Å². The maximum atomic E-state index is 5.32. The van der Waals surface area contributed by atoms with E-state index in [9.17, 15) is 0 Å². The van der Waals surface area contributed by atoms with Gasteiger partial charge in [0.15, 0.2) is 0 Å². The molecule has 0 radical (unpaired) electrons. The summed E-state index contributed by atoms with van der Waals surface area (Å²) >= 11 is 0. The molecule has 1 aromatic heterocycles. The summed E-state index contributed by atoms with van der Waals surface area (Å²) in [4.78, 5) is 0. The molecule has 1 N–H and O–H groups in total. The molecule has 1 fully saturated rings. The third-order valence-electron chi connectivity index (χ3n) is 2.87. The Bertz CT molecular complexity index is 312. The summed E-state index contributed by atoms with van der Waals surface area (Å²) in [5.41, 5.74) is 0.946. The van der Waals surface area contributed by atoms with Crippen molar-refractivity contribution in [2.24, 2.45) is 0 Å². The van der Waals surface area contributed by atoms with Crippen molar-refractivity contribution in [3.8, 4) is 0 Å². The summed E-state index contributed by atoms with van der Waals surface area (Å²) in [6, 6.07) is 4.42. The van der Waals surface area contributed by atoms with Crippen LogP contribution in [0.25, 0.3) is 0 Å². The number of rotatable bonds is 3. The van der Waals surface area contributed by atoms with Gasteiger partial charge in [0.05, 0.1) is 11.8 Å². The molecular formula is C11H17N3O. The normalized spacial score (nSPS) is 25.5. The van der Waals surface area contributed by atoms with Gasteiger partial charge in [-0.25, -0.2) is 0 Å². The van der Waals surface area contributed by atoms with Crippen LogP contribution in [0.1, 0.15) is 25.0 Å². The Morgan fingerprint density at radius 3 is 2.80 bits per heavy atom. The third kappa shape index (κ3) is 2.65. The molecule has 1 saturated carbocycles. The molecule has 1 aromatic rings. The number of aryl methyl sites for hydroxylation is 1. The average molecular weight is 207 g/mol. The first kappa shape index (κ1) is 10.4. The minimum absolute atomic E-state index is 0.404. The highest BCUT2D eigenvalue weighted by Crippen LogP contribution is 2.23. The number of hydrogen-bond acceptors (Lipinski definition) is 4. The van der Waals surface area contributed by atoms with Crippen molar-refractivity contribution in [3.63, 3.8) is 0 Å². The van der Waals surface area contributed by atoms with Crippen LogP contribution < -0.4 is 5.32 Å². The van der Waals surface area contributed by atoms with Gasteiger partial charge in [-0.15, -0.1) is 5.10 Å². The van der Waals surface area contributed by atoms with Crippen LogP contribution in [-0.4, -0.2) is 29.5 Å². The van der Waals surface area contributed by atoms with Gasteiger partial charge in [-0.1, -0.05) is 0 Å². The summed E-state index contributed by atoms with van der Waals surface area (Å²) in [5.74, 6) is 0.863. The van der Waals surface area contributed by atoms with Crippen molar-refractivity contribution in [1.82, 2.24) is 10.2 Å². The lowest BCUT2D eigenvalue weighted by molar-refractivity contribution is 0.108. The van der Waals surface area contributed by atoms with Crippen LogP contribution in [-0.2, 0) is 4.74 Å². The van der Waals surface area contributed by atoms with Gasteiger partial charge in [0.1, 0.15) is 5.82 Å². The predicted molar refractivity (Wildman–Crippen MR) is 58.8 cm³/mol. The topological polar surface area (TPSA) is 47.0 Å². The molecule has 2 atom stereocenters. The SMILES string of the molecule is COC1CCC(Nc2ccc(C)nn2)C1. The van der Waals surface area contributed by atoms with E-state index < -0.39 is 0 Å². The number of anilines is 1. The standard InChI is InChI=1S/C11H17N3O/c1-8-3-6-11(14-13-8)12-9-4-5-10(7-9)15-2/h3,6,9-10H,4-5,7H2,1-2H3,(H,12,14). The van der Waals surface area contributed by atoms with Crippen molar-refractivity contribution in [1.29, 1.82) is 0 Å². The molecule has 1 aliphatic rings. The lowest BCUT2D eigenvalue weighted by atomic mass is 10.2. The molecule has 15 heavy (non-hydrogen) atoms. The van der Waals surface area contributed by atoms with Crippen LogP contribution in [0, 0.1) is 6.92 Å². The summed E-state index contributed by atoms with van der Waals surface area (Å²) in [6.45, 7) is 1.94. The first-order valence-corrected chi connectivity index (χ1v) is 5.37. The van der Waals surface area contributed by atoms with E-state index >= 15 is 0 Å². The fraction of sp³-hybridized carbons (Fsp3) is 0.636. The Labute approximate surface area is 90.1 Å². The summed E-state index contributed by atoms with van der Waals surface area (Å²) in [6.07, 6.45) is 3.74. The second kappa shape index (κ2) is 4.57. The van der Waals surface area contributed by atoms with Crippen LogP contribution in [0.3, 0.4) is 0 Å². The van der Waals surface area contributed by atoms with Gasteiger partial charge in [-0.05, 0) is 38.3 Å². The molecule has 0 aromatic carbocycles. The molecule has 0 saturated heterocycles. The third-order valence-corrected chi connectivity index (χ3v) is 2.87. The quantitative estimate of drug-likeness (QED) is 0.820. The minimum Gasteiger partial charge on any atom is -0.381 e. The van der Waals surface area contributed by atoms with Crippen LogP contribution in [0.5, 0.6) is 0 Å². The molecular weight excluding hydrogens is 190 g/mol. The average Bonchev–Trinajstić information content (AvgIpc) is 2.69. The molecule has 82 valence electrons. The van der Waals surface area contributed by atoms with Gasteiger partial charge in [0.25, 0.3) is 0 Å². The maximum absolute atomic E-state index is 5.32. The van der Waals surface area contributed by atoms with E-state index in [2.05, 4.69) is 15.5 Å². The Balaban J connectivity index is 1.90. The van der Waals surface area contributed by atoms with Crippen LogP contribution >= 0.6 is 0 Å². The van der Waals surface area contributed by atoms with E-state index in [4.69, 9.17) is 4.74 Å². The molecule has 4 nitrogen and oxygen atoms in total. The Hall–Kier alpha value is -1.16. The lowest BCUT2D eigenvalue weighted by Crippen LogP contribution is -2.18. The van der Waals surface area contributed by atoms with E-state index in [0.29, 0.717) is 12.1 Å². The smallest absolute Gasteiger partial charge is 0.148 e. The lowest BCUT2D eigenvalue weighted by Gasteiger charge is -2.12. The van der Waals surface area contributed by atoms with Gasteiger partial charge < -0.3 is 10.1 Å². The number of hydrogen-bond donors (Lipinski definition) is 1. The van der Waals surface area contributed by atoms with Crippen LogP contribution in [0.4, 0.5) is 5.82 Å². The van der Waals surface area contributed by atoms with Crippen molar-refractivity contribution in [2.75, 3.05) is 12.4 Å². The number of ether oxygens (including phenoxy) is 1. The monoisotopic (exact) mass is 207 g/mol. The minimum atomic E-state index is 0.404. The number of methoxy groups -OCH3 is 1. The molecule has 0 spiro atoms. The van der Waals surface area contributed by atoms with Gasteiger partial charge in [0, 0.05) is 13.2 Å². The second-order valence-electron chi connectivity index (χ2n) is 4.07. The fourth-order valence-electron chi connectivity index (χ4n) is 1.97. The van der Waals surface area contributed by atoms with E-state index in [1.54, 1.807) is 7.11 Å². The van der Waals surface area contributed by atoms with Crippen LogP contribution in [0.2, 0.25) is 0 Å². The summed E-state index contributed by atoms with van der Waals surface area (Å²) in [5, 5.41) is 11.5. The van der Waals surface area contributed by atoms with Crippen molar-refractivity contribution in [2.45, 2.75) is 38.3 Å². The summed E-state index contributed by atoms with van der Waals surface area (Å²) < 4.78 is 5.32. The predicted octanol–water partition coefficient (Wildman–Crippen LogP) is 1.76. The number of nitrogens with zero attached hydrogens (tertiary/aromatic N) is 2.